The van der Waals surface area contributed by atoms with Crippen molar-refractivity contribution in [2.24, 2.45) is 0 Å². The minimum Gasteiger partial charge on any atom is -0.322 e. The number of thiophene rings is 2. The molecule has 4 rings (SSSR count). The Balaban J connectivity index is 1.78. The quantitative estimate of drug-likeness (QED) is 0.497. The molecule has 0 saturated heterocycles. The fourth-order valence-corrected chi connectivity index (χ4v) is 4.62. The van der Waals surface area contributed by atoms with Crippen molar-refractivity contribution in [3.05, 3.63) is 73.4 Å². The molecule has 3 heterocycles. The van der Waals surface area contributed by atoms with Crippen LogP contribution in [0.1, 0.15) is 15.2 Å². The molecule has 0 aliphatic heterocycles. The minimum atomic E-state index is -0.367. The Morgan fingerprint density at radius 3 is 2.69 bits per heavy atom. The van der Waals surface area contributed by atoms with E-state index >= 15 is 0 Å². The van der Waals surface area contributed by atoms with Crippen LogP contribution in [0.5, 0.6) is 0 Å². The van der Waals surface area contributed by atoms with E-state index in [4.69, 9.17) is 12.2 Å². The van der Waals surface area contributed by atoms with Crippen LogP contribution in [0.2, 0.25) is 0 Å². The predicted octanol–water partition coefficient (Wildman–Crippen LogP) is 4.54. The van der Waals surface area contributed by atoms with Crippen LogP contribution >= 0.6 is 34.9 Å². The van der Waals surface area contributed by atoms with Crippen LogP contribution in [-0.2, 0) is 0 Å². The first-order valence-electron chi connectivity index (χ1n) is 7.74. The van der Waals surface area contributed by atoms with Gasteiger partial charge in [-0.2, -0.15) is 4.68 Å². The van der Waals surface area contributed by atoms with E-state index in [9.17, 15) is 9.59 Å². The number of carbonyl (C=O) groups is 1. The number of fused-ring (bicyclic) bond motifs is 1. The van der Waals surface area contributed by atoms with Gasteiger partial charge < -0.3 is 4.98 Å². The molecular weight excluding hydrogens is 386 g/mol. The molecule has 26 heavy (non-hydrogen) atoms. The number of hydrogen-bond acceptors (Lipinski definition) is 5. The standard InChI is InChI=1S/C18H13N3O2S3/c1-10-7-12(9-25-10)15(22)20-21-17(23)13-8-14(11-5-3-2-4-6-11)26-16(13)19-18(21)24/h2-9H,1H3,(H,19,24)(H,20,22). The molecule has 5 nitrogen and oxygen atoms in total. The van der Waals surface area contributed by atoms with E-state index in [1.807, 2.05) is 43.3 Å². The van der Waals surface area contributed by atoms with E-state index in [0.29, 0.717) is 15.8 Å². The van der Waals surface area contributed by atoms with E-state index in [1.165, 1.54) is 22.7 Å². The SMILES string of the molecule is Cc1cc(C(=O)Nn2c(=S)[nH]c3sc(-c4ccccc4)cc3c2=O)cs1. The average molecular weight is 400 g/mol. The van der Waals surface area contributed by atoms with Crippen LogP contribution in [0.4, 0.5) is 0 Å². The minimum absolute atomic E-state index is 0.157. The third-order valence-electron chi connectivity index (χ3n) is 3.85. The number of aromatic amines is 1. The third kappa shape index (κ3) is 3.03. The second-order valence-corrected chi connectivity index (χ2v) is 8.23. The van der Waals surface area contributed by atoms with Gasteiger partial charge in [0.2, 0.25) is 4.77 Å². The number of rotatable bonds is 3. The summed E-state index contributed by atoms with van der Waals surface area (Å²) in [5.41, 5.74) is 3.77. The summed E-state index contributed by atoms with van der Waals surface area (Å²) in [5.74, 6) is -0.367. The summed E-state index contributed by atoms with van der Waals surface area (Å²) in [5, 5.41) is 2.24. The monoisotopic (exact) mass is 399 g/mol. The summed E-state index contributed by atoms with van der Waals surface area (Å²) in [7, 11) is 0. The number of hydrogen-bond donors (Lipinski definition) is 2. The van der Waals surface area contributed by atoms with E-state index in [2.05, 4.69) is 10.4 Å². The van der Waals surface area contributed by atoms with Crippen LogP contribution in [-0.4, -0.2) is 15.6 Å². The first kappa shape index (κ1) is 16.9. The van der Waals surface area contributed by atoms with Gasteiger partial charge in [-0.3, -0.25) is 15.0 Å². The zero-order chi connectivity index (χ0) is 18.3. The van der Waals surface area contributed by atoms with Gasteiger partial charge in [-0.1, -0.05) is 30.3 Å². The lowest BCUT2D eigenvalue weighted by molar-refractivity contribution is 0.101. The molecule has 4 aromatic rings. The summed E-state index contributed by atoms with van der Waals surface area (Å²) >= 11 is 8.20. The summed E-state index contributed by atoms with van der Waals surface area (Å²) in [6, 6.07) is 13.4. The molecule has 0 unspecified atom stereocenters. The van der Waals surface area contributed by atoms with Crippen molar-refractivity contribution >= 4 is 51.0 Å². The van der Waals surface area contributed by atoms with Gasteiger partial charge in [-0.15, -0.1) is 22.7 Å². The molecule has 0 spiro atoms. The zero-order valence-corrected chi connectivity index (χ0v) is 16.1. The lowest BCUT2D eigenvalue weighted by atomic mass is 10.2. The fraction of sp³-hybridized carbons (Fsp3) is 0.0556. The van der Waals surface area contributed by atoms with Crippen molar-refractivity contribution in [3.8, 4) is 10.4 Å². The van der Waals surface area contributed by atoms with Gasteiger partial charge in [0.05, 0.1) is 10.9 Å². The zero-order valence-electron chi connectivity index (χ0n) is 13.6. The van der Waals surface area contributed by atoms with Gasteiger partial charge in [0, 0.05) is 15.1 Å². The molecule has 8 heteroatoms. The number of aryl methyl sites for hydroxylation is 1. The van der Waals surface area contributed by atoms with Gasteiger partial charge in [-0.25, -0.2) is 0 Å². The molecule has 0 radical (unpaired) electrons. The van der Waals surface area contributed by atoms with Crippen molar-refractivity contribution < 1.29 is 4.79 Å². The van der Waals surface area contributed by atoms with Crippen LogP contribution < -0.4 is 11.0 Å². The van der Waals surface area contributed by atoms with Crippen molar-refractivity contribution in [2.75, 3.05) is 5.43 Å². The van der Waals surface area contributed by atoms with Crippen molar-refractivity contribution in [3.63, 3.8) is 0 Å². The highest BCUT2D eigenvalue weighted by Gasteiger charge is 2.14. The molecule has 2 N–H and O–H groups in total. The number of H-pyrrole nitrogens is 1. The van der Waals surface area contributed by atoms with Crippen molar-refractivity contribution in [1.82, 2.24) is 9.66 Å². The Hall–Kier alpha value is -2.55. The van der Waals surface area contributed by atoms with Crippen LogP contribution in [0.3, 0.4) is 0 Å². The van der Waals surface area contributed by atoms with Crippen LogP contribution in [0.25, 0.3) is 20.7 Å². The normalized spacial score (nSPS) is 11.0. The van der Waals surface area contributed by atoms with Gasteiger partial charge in [0.25, 0.3) is 11.5 Å². The lowest BCUT2D eigenvalue weighted by Crippen LogP contribution is -2.34. The number of nitrogens with one attached hydrogen (secondary N) is 2. The molecule has 0 atom stereocenters. The van der Waals surface area contributed by atoms with E-state index < -0.39 is 0 Å². The third-order valence-corrected chi connectivity index (χ3v) is 6.10. The summed E-state index contributed by atoms with van der Waals surface area (Å²) < 4.78 is 1.25. The highest BCUT2D eigenvalue weighted by molar-refractivity contribution is 7.71. The van der Waals surface area contributed by atoms with E-state index in [0.717, 1.165) is 20.0 Å². The number of benzene rings is 1. The Morgan fingerprint density at radius 1 is 1.23 bits per heavy atom. The van der Waals surface area contributed by atoms with Gasteiger partial charge in [-0.05, 0) is 36.8 Å². The molecule has 0 aliphatic rings. The Labute approximate surface area is 161 Å². The predicted molar refractivity (Wildman–Crippen MR) is 109 cm³/mol. The van der Waals surface area contributed by atoms with E-state index in [-0.39, 0.29) is 16.2 Å². The summed E-state index contributed by atoms with van der Waals surface area (Å²) in [4.78, 5) is 30.9. The molecule has 0 bridgehead atoms. The molecule has 1 amide bonds. The Morgan fingerprint density at radius 2 is 2.00 bits per heavy atom. The smallest absolute Gasteiger partial charge is 0.282 e. The first-order valence-corrected chi connectivity index (χ1v) is 9.84. The average Bonchev–Trinajstić information content (AvgIpc) is 3.26. The topological polar surface area (TPSA) is 66.9 Å². The lowest BCUT2D eigenvalue weighted by Gasteiger charge is -2.07. The molecule has 1 aromatic carbocycles. The number of nitrogens with zero attached hydrogens (tertiary/aromatic N) is 1. The maximum absolute atomic E-state index is 12.8. The van der Waals surface area contributed by atoms with Crippen molar-refractivity contribution in [2.45, 2.75) is 6.92 Å². The van der Waals surface area contributed by atoms with Gasteiger partial charge in [0.15, 0.2) is 0 Å². The summed E-state index contributed by atoms with van der Waals surface area (Å²) in [6.45, 7) is 1.92. The largest absolute Gasteiger partial charge is 0.322 e. The molecule has 0 fully saturated rings. The summed E-state index contributed by atoms with van der Waals surface area (Å²) in [6.07, 6.45) is 0. The van der Waals surface area contributed by atoms with Gasteiger partial charge in [0.1, 0.15) is 4.83 Å². The first-order chi connectivity index (χ1) is 12.5. The van der Waals surface area contributed by atoms with Gasteiger partial charge >= 0.3 is 0 Å². The number of carbonyl (C=O) groups excluding carboxylic acids is 1. The Bertz CT molecular complexity index is 1230. The fourth-order valence-electron chi connectivity index (χ4n) is 2.58. The highest BCUT2D eigenvalue weighted by atomic mass is 32.1. The Kier molecular flexibility index (Phi) is 4.31. The van der Waals surface area contributed by atoms with E-state index in [1.54, 1.807) is 11.4 Å². The molecular formula is C18H13N3O2S3. The van der Waals surface area contributed by atoms with Crippen molar-refractivity contribution in [1.29, 1.82) is 0 Å². The highest BCUT2D eigenvalue weighted by Crippen LogP contribution is 2.30. The molecule has 130 valence electrons. The van der Waals surface area contributed by atoms with Crippen LogP contribution in [0.15, 0.2) is 52.6 Å². The maximum Gasteiger partial charge on any atom is 0.282 e. The van der Waals surface area contributed by atoms with Crippen LogP contribution in [0, 0.1) is 11.7 Å². The molecule has 0 aliphatic carbocycles. The molecule has 0 saturated carbocycles. The molecule has 3 aromatic heterocycles. The maximum atomic E-state index is 12.8. The second kappa shape index (κ2) is 6.64. The number of amides is 1. The number of aromatic nitrogens is 2. The second-order valence-electron chi connectivity index (χ2n) is 5.68.